The van der Waals surface area contributed by atoms with Crippen LogP contribution in [0, 0.1) is 6.92 Å². The summed E-state index contributed by atoms with van der Waals surface area (Å²) >= 11 is 6.22. The Morgan fingerprint density at radius 3 is 2.44 bits per heavy atom. The Hall–Kier alpha value is -0.930. The number of hydrogen-bond donors (Lipinski definition) is 1. The van der Waals surface area contributed by atoms with Crippen LogP contribution in [0.25, 0.3) is 0 Å². The highest BCUT2D eigenvalue weighted by Gasteiger charge is 2.15. The van der Waals surface area contributed by atoms with Gasteiger partial charge in [0, 0.05) is 6.04 Å². The summed E-state index contributed by atoms with van der Waals surface area (Å²) in [6.45, 7) is 3.92. The molecule has 16 heavy (non-hydrogen) atoms. The highest BCUT2D eigenvalue weighted by Crippen LogP contribution is 2.39. The molecule has 0 radical (unpaired) electrons. The average Bonchev–Trinajstić information content (AvgIpc) is 2.24. The van der Waals surface area contributed by atoms with Crippen molar-refractivity contribution in [3.8, 4) is 11.5 Å². The van der Waals surface area contributed by atoms with Crippen LogP contribution in [-0.4, -0.2) is 20.3 Å². The zero-order valence-corrected chi connectivity index (χ0v) is 10.9. The number of benzene rings is 1. The maximum atomic E-state index is 6.22. The fraction of sp³-hybridized carbons (Fsp3) is 0.500. The summed E-state index contributed by atoms with van der Waals surface area (Å²) in [7, 11) is 3.17. The van der Waals surface area contributed by atoms with E-state index >= 15 is 0 Å². The van der Waals surface area contributed by atoms with Crippen LogP contribution in [-0.2, 0) is 6.42 Å². The lowest BCUT2D eigenvalue weighted by Gasteiger charge is -2.16. The molecular formula is C12H18ClNO2. The quantitative estimate of drug-likeness (QED) is 0.884. The number of nitrogens with two attached hydrogens (primary N) is 1. The van der Waals surface area contributed by atoms with E-state index in [1.165, 1.54) is 0 Å². The van der Waals surface area contributed by atoms with Crippen LogP contribution in [0.1, 0.15) is 18.1 Å². The van der Waals surface area contributed by atoms with Crippen LogP contribution in [0.15, 0.2) is 6.07 Å². The van der Waals surface area contributed by atoms with Crippen LogP contribution >= 0.6 is 11.6 Å². The molecule has 0 saturated heterocycles. The zero-order valence-electron chi connectivity index (χ0n) is 10.1. The molecule has 0 spiro atoms. The molecule has 0 bridgehead atoms. The van der Waals surface area contributed by atoms with Crippen LogP contribution < -0.4 is 15.2 Å². The molecule has 0 aliphatic rings. The molecule has 4 heteroatoms. The van der Waals surface area contributed by atoms with E-state index < -0.39 is 0 Å². The lowest BCUT2D eigenvalue weighted by molar-refractivity contribution is 0.354. The van der Waals surface area contributed by atoms with Crippen LogP contribution in [0.5, 0.6) is 11.5 Å². The molecule has 1 rings (SSSR count). The van der Waals surface area contributed by atoms with Crippen molar-refractivity contribution in [3.63, 3.8) is 0 Å². The molecule has 0 amide bonds. The van der Waals surface area contributed by atoms with Gasteiger partial charge in [0.05, 0.1) is 19.2 Å². The predicted octanol–water partition coefficient (Wildman–Crippen LogP) is 2.56. The second kappa shape index (κ2) is 5.41. The average molecular weight is 244 g/mol. The molecule has 0 aliphatic carbocycles. The van der Waals surface area contributed by atoms with E-state index in [0.29, 0.717) is 16.5 Å². The third-order valence-electron chi connectivity index (χ3n) is 2.51. The second-order valence-corrected chi connectivity index (χ2v) is 4.27. The van der Waals surface area contributed by atoms with E-state index in [1.807, 2.05) is 19.9 Å². The lowest BCUT2D eigenvalue weighted by Crippen LogP contribution is -2.18. The van der Waals surface area contributed by atoms with E-state index in [2.05, 4.69) is 0 Å². The Balaban J connectivity index is 3.27. The van der Waals surface area contributed by atoms with Crippen molar-refractivity contribution < 1.29 is 9.47 Å². The van der Waals surface area contributed by atoms with Gasteiger partial charge in [0.25, 0.3) is 0 Å². The molecule has 0 aromatic heterocycles. The molecule has 0 saturated carbocycles. The maximum absolute atomic E-state index is 6.22. The highest BCUT2D eigenvalue weighted by molar-refractivity contribution is 6.33. The molecule has 0 fully saturated rings. The number of ether oxygens (including phenoxy) is 2. The van der Waals surface area contributed by atoms with Crippen molar-refractivity contribution in [2.24, 2.45) is 5.73 Å². The smallest absolute Gasteiger partial charge is 0.179 e. The van der Waals surface area contributed by atoms with Gasteiger partial charge in [0.15, 0.2) is 11.5 Å². The lowest BCUT2D eigenvalue weighted by atomic mass is 10.0. The third-order valence-corrected chi connectivity index (χ3v) is 2.96. The monoisotopic (exact) mass is 243 g/mol. The van der Waals surface area contributed by atoms with Gasteiger partial charge >= 0.3 is 0 Å². The van der Waals surface area contributed by atoms with E-state index in [-0.39, 0.29) is 6.04 Å². The molecule has 0 heterocycles. The first-order valence-electron chi connectivity index (χ1n) is 5.16. The Bertz CT molecular complexity index is 378. The summed E-state index contributed by atoms with van der Waals surface area (Å²) in [5, 5.41) is 0.595. The SMILES string of the molecule is COc1cc(CC(C)N)c(C)c(Cl)c1OC. The fourth-order valence-electron chi connectivity index (χ4n) is 1.65. The normalized spacial score (nSPS) is 12.4. The van der Waals surface area contributed by atoms with Crippen LogP contribution in [0.3, 0.4) is 0 Å². The van der Waals surface area contributed by atoms with Gasteiger partial charge in [0.2, 0.25) is 0 Å². The van der Waals surface area contributed by atoms with Crippen molar-refractivity contribution in [1.82, 2.24) is 0 Å². The topological polar surface area (TPSA) is 44.5 Å². The standard InChI is InChI=1S/C12H18ClNO2/c1-7(14)5-9-6-10(15-3)12(16-4)11(13)8(9)2/h6-7H,5,14H2,1-4H3. The highest BCUT2D eigenvalue weighted by atomic mass is 35.5. The third kappa shape index (κ3) is 2.60. The number of rotatable bonds is 4. The van der Waals surface area contributed by atoms with Crippen molar-refractivity contribution >= 4 is 11.6 Å². The largest absolute Gasteiger partial charge is 0.493 e. The first-order chi connectivity index (χ1) is 7.51. The maximum Gasteiger partial charge on any atom is 0.179 e. The fourth-order valence-corrected chi connectivity index (χ4v) is 1.94. The van der Waals surface area contributed by atoms with Gasteiger partial charge in [-0.15, -0.1) is 0 Å². The van der Waals surface area contributed by atoms with Gasteiger partial charge in [0.1, 0.15) is 0 Å². The summed E-state index contributed by atoms with van der Waals surface area (Å²) in [6, 6.07) is 2.02. The van der Waals surface area contributed by atoms with Crippen molar-refractivity contribution in [2.45, 2.75) is 26.3 Å². The number of halogens is 1. The van der Waals surface area contributed by atoms with E-state index in [0.717, 1.165) is 17.5 Å². The predicted molar refractivity (Wildman–Crippen MR) is 66.6 cm³/mol. The first-order valence-corrected chi connectivity index (χ1v) is 5.54. The Kier molecular flexibility index (Phi) is 4.44. The summed E-state index contributed by atoms with van der Waals surface area (Å²) in [5.74, 6) is 1.23. The van der Waals surface area contributed by atoms with E-state index in [1.54, 1.807) is 14.2 Å². The van der Waals surface area contributed by atoms with Crippen LogP contribution in [0.2, 0.25) is 5.02 Å². The summed E-state index contributed by atoms with van der Waals surface area (Å²) in [6.07, 6.45) is 0.770. The molecule has 3 nitrogen and oxygen atoms in total. The number of hydrogen-bond acceptors (Lipinski definition) is 3. The minimum atomic E-state index is 0.0906. The minimum Gasteiger partial charge on any atom is -0.493 e. The summed E-state index contributed by atoms with van der Waals surface area (Å²) < 4.78 is 10.5. The van der Waals surface area contributed by atoms with Gasteiger partial charge in [-0.05, 0) is 37.5 Å². The van der Waals surface area contributed by atoms with Crippen molar-refractivity contribution in [1.29, 1.82) is 0 Å². The van der Waals surface area contributed by atoms with E-state index in [9.17, 15) is 0 Å². The molecule has 1 aromatic carbocycles. The zero-order chi connectivity index (χ0) is 12.3. The van der Waals surface area contributed by atoms with Gasteiger partial charge < -0.3 is 15.2 Å². The molecule has 1 aromatic rings. The van der Waals surface area contributed by atoms with Gasteiger partial charge in [-0.2, -0.15) is 0 Å². The van der Waals surface area contributed by atoms with Crippen molar-refractivity contribution in [2.75, 3.05) is 14.2 Å². The molecule has 1 atom stereocenters. The Morgan fingerprint density at radius 2 is 2.00 bits per heavy atom. The molecule has 0 aliphatic heterocycles. The summed E-state index contributed by atoms with van der Waals surface area (Å²) in [5.41, 5.74) is 7.88. The summed E-state index contributed by atoms with van der Waals surface area (Å²) in [4.78, 5) is 0. The van der Waals surface area contributed by atoms with E-state index in [4.69, 9.17) is 26.8 Å². The molecule has 90 valence electrons. The second-order valence-electron chi connectivity index (χ2n) is 3.89. The Labute approximate surface area is 101 Å². The number of methoxy groups -OCH3 is 2. The Morgan fingerprint density at radius 1 is 1.38 bits per heavy atom. The molecular weight excluding hydrogens is 226 g/mol. The molecule has 2 N–H and O–H groups in total. The van der Waals surface area contributed by atoms with Crippen molar-refractivity contribution in [3.05, 3.63) is 22.2 Å². The first kappa shape index (κ1) is 13.1. The molecule has 1 unspecified atom stereocenters. The van der Waals surface area contributed by atoms with Gasteiger partial charge in [-0.1, -0.05) is 11.6 Å². The minimum absolute atomic E-state index is 0.0906. The van der Waals surface area contributed by atoms with Gasteiger partial charge in [-0.25, -0.2) is 0 Å². The van der Waals surface area contributed by atoms with Crippen LogP contribution in [0.4, 0.5) is 0 Å². The van der Waals surface area contributed by atoms with Gasteiger partial charge in [-0.3, -0.25) is 0 Å².